The molecule has 2 aliphatic rings. The van der Waals surface area contributed by atoms with Crippen molar-refractivity contribution < 1.29 is 9.18 Å². The minimum absolute atomic E-state index is 0.0846. The van der Waals surface area contributed by atoms with Crippen LogP contribution in [0.2, 0.25) is 5.02 Å². The molecule has 6 nitrogen and oxygen atoms in total. The van der Waals surface area contributed by atoms with Gasteiger partial charge in [-0.25, -0.2) is 4.39 Å². The van der Waals surface area contributed by atoms with E-state index in [1.54, 1.807) is 6.07 Å². The smallest absolute Gasteiger partial charge is 0.272 e. The number of fused-ring (bicyclic) bond motifs is 1. The van der Waals surface area contributed by atoms with E-state index in [0.29, 0.717) is 12.2 Å². The van der Waals surface area contributed by atoms with Crippen molar-refractivity contribution in [1.82, 2.24) is 25.7 Å². The fourth-order valence-electron chi connectivity index (χ4n) is 4.15. The molecule has 1 saturated heterocycles. The molecule has 27 heavy (non-hydrogen) atoms. The Morgan fingerprint density at radius 3 is 3.11 bits per heavy atom. The molecule has 4 rings (SSSR count). The number of likely N-dealkylation sites (tertiary alicyclic amines) is 1. The normalized spacial score (nSPS) is 22.6. The summed E-state index contributed by atoms with van der Waals surface area (Å²) < 4.78 is 14.0. The van der Waals surface area contributed by atoms with Crippen molar-refractivity contribution in [2.45, 2.75) is 38.4 Å². The Hall–Kier alpha value is -1.96. The molecule has 3 N–H and O–H groups in total. The van der Waals surface area contributed by atoms with Gasteiger partial charge in [-0.15, -0.1) is 0 Å². The molecule has 3 heterocycles. The number of nitrogens with one attached hydrogen (secondary N) is 3. The molecule has 2 aliphatic heterocycles. The number of rotatable bonds is 4. The number of benzene rings is 1. The number of H-pyrrole nitrogens is 1. The molecular formula is C19H23ClFN5O. The van der Waals surface area contributed by atoms with E-state index in [0.717, 1.165) is 49.3 Å². The summed E-state index contributed by atoms with van der Waals surface area (Å²) in [5.41, 5.74) is 3.25. The van der Waals surface area contributed by atoms with E-state index in [-0.39, 0.29) is 23.0 Å². The van der Waals surface area contributed by atoms with Crippen molar-refractivity contribution in [2.75, 3.05) is 19.6 Å². The van der Waals surface area contributed by atoms with Crippen LogP contribution in [0.15, 0.2) is 18.2 Å². The number of carbonyl (C=O) groups is 1. The van der Waals surface area contributed by atoms with Crippen LogP contribution in [0.5, 0.6) is 0 Å². The van der Waals surface area contributed by atoms with E-state index in [9.17, 15) is 9.18 Å². The van der Waals surface area contributed by atoms with Crippen LogP contribution in [0.3, 0.4) is 0 Å². The van der Waals surface area contributed by atoms with Crippen LogP contribution in [-0.4, -0.2) is 46.7 Å². The molecule has 144 valence electrons. The van der Waals surface area contributed by atoms with Crippen molar-refractivity contribution in [3.63, 3.8) is 0 Å². The number of halogens is 2. The Balaban J connectivity index is 1.57. The van der Waals surface area contributed by atoms with Crippen LogP contribution < -0.4 is 10.6 Å². The maximum absolute atomic E-state index is 14.0. The number of aromatic nitrogens is 2. The Labute approximate surface area is 162 Å². The minimum atomic E-state index is -0.436. The molecular weight excluding hydrogens is 369 g/mol. The molecule has 2 aromatic rings. The van der Waals surface area contributed by atoms with Gasteiger partial charge in [0.05, 0.1) is 17.1 Å². The highest BCUT2D eigenvalue weighted by Gasteiger charge is 2.36. The third-order valence-electron chi connectivity index (χ3n) is 5.53. The van der Waals surface area contributed by atoms with E-state index >= 15 is 0 Å². The molecule has 0 bridgehead atoms. The van der Waals surface area contributed by atoms with E-state index in [2.05, 4.69) is 32.7 Å². The zero-order valence-corrected chi connectivity index (χ0v) is 15.9. The fourth-order valence-corrected chi connectivity index (χ4v) is 4.27. The van der Waals surface area contributed by atoms with E-state index < -0.39 is 5.82 Å². The standard InChI is InChI=1S/C19H23ClFN5O/c1-2-26-8-6-16(18(26)11-3-4-13(20)14(21)9-11)23-19(27)17-12-10-22-7-5-15(12)24-25-17/h3-4,9,16,18,22H,2,5-8,10H2,1H3,(H,23,27)(H,24,25). The second kappa shape index (κ2) is 7.58. The monoisotopic (exact) mass is 391 g/mol. The average molecular weight is 392 g/mol. The lowest BCUT2D eigenvalue weighted by Crippen LogP contribution is -2.40. The van der Waals surface area contributed by atoms with Crippen LogP contribution >= 0.6 is 11.6 Å². The summed E-state index contributed by atoms with van der Waals surface area (Å²) in [6, 6.07) is 4.69. The molecule has 1 fully saturated rings. The zero-order chi connectivity index (χ0) is 19.0. The van der Waals surface area contributed by atoms with Gasteiger partial charge in [0, 0.05) is 37.3 Å². The lowest BCUT2D eigenvalue weighted by atomic mass is 9.99. The van der Waals surface area contributed by atoms with Crippen molar-refractivity contribution in [3.05, 3.63) is 51.6 Å². The van der Waals surface area contributed by atoms with Crippen LogP contribution in [0, 0.1) is 5.82 Å². The zero-order valence-electron chi connectivity index (χ0n) is 15.2. The number of amides is 1. The Morgan fingerprint density at radius 1 is 1.48 bits per heavy atom. The predicted molar refractivity (Wildman–Crippen MR) is 101 cm³/mol. The third-order valence-corrected chi connectivity index (χ3v) is 5.84. The van der Waals surface area contributed by atoms with Gasteiger partial charge in [-0.3, -0.25) is 14.8 Å². The molecule has 1 amide bonds. The largest absolute Gasteiger partial charge is 0.346 e. The van der Waals surface area contributed by atoms with Crippen LogP contribution in [0.25, 0.3) is 0 Å². The van der Waals surface area contributed by atoms with Crippen LogP contribution in [0.1, 0.15) is 46.7 Å². The predicted octanol–water partition coefficient (Wildman–Crippen LogP) is 2.41. The van der Waals surface area contributed by atoms with E-state index in [1.807, 2.05) is 6.07 Å². The lowest BCUT2D eigenvalue weighted by molar-refractivity contribution is 0.0919. The summed E-state index contributed by atoms with van der Waals surface area (Å²) in [6.07, 6.45) is 1.65. The average Bonchev–Trinajstić information content (AvgIpc) is 3.28. The second-order valence-corrected chi connectivity index (χ2v) is 7.48. The summed E-state index contributed by atoms with van der Waals surface area (Å²) in [4.78, 5) is 15.1. The van der Waals surface area contributed by atoms with E-state index in [4.69, 9.17) is 11.6 Å². The van der Waals surface area contributed by atoms with Crippen LogP contribution in [-0.2, 0) is 13.0 Å². The van der Waals surface area contributed by atoms with Crippen molar-refractivity contribution in [3.8, 4) is 0 Å². The van der Waals surface area contributed by atoms with Gasteiger partial charge in [0.15, 0.2) is 5.69 Å². The maximum atomic E-state index is 14.0. The quantitative estimate of drug-likeness (QED) is 0.748. The Kier molecular flexibility index (Phi) is 5.16. The first-order chi connectivity index (χ1) is 13.1. The molecule has 1 aromatic carbocycles. The van der Waals surface area contributed by atoms with Gasteiger partial charge in [0.1, 0.15) is 5.82 Å². The molecule has 0 radical (unpaired) electrons. The molecule has 0 aliphatic carbocycles. The van der Waals surface area contributed by atoms with Crippen molar-refractivity contribution in [2.24, 2.45) is 0 Å². The summed E-state index contributed by atoms with van der Waals surface area (Å²) in [5.74, 6) is -0.617. The first-order valence-electron chi connectivity index (χ1n) is 9.35. The molecule has 2 unspecified atom stereocenters. The number of hydrogen-bond acceptors (Lipinski definition) is 4. The minimum Gasteiger partial charge on any atom is -0.346 e. The number of nitrogens with zero attached hydrogens (tertiary/aromatic N) is 2. The summed E-state index contributed by atoms with van der Waals surface area (Å²) in [6.45, 7) is 5.26. The Morgan fingerprint density at radius 2 is 2.33 bits per heavy atom. The maximum Gasteiger partial charge on any atom is 0.272 e. The lowest BCUT2D eigenvalue weighted by Gasteiger charge is -2.28. The number of likely N-dealkylation sites (N-methyl/N-ethyl adjacent to an activating group) is 1. The molecule has 8 heteroatoms. The van der Waals surface area contributed by atoms with Crippen molar-refractivity contribution >= 4 is 17.5 Å². The SMILES string of the molecule is CCN1CCC(NC(=O)c2n[nH]c3c2CNCC3)C1c1ccc(Cl)c(F)c1. The van der Waals surface area contributed by atoms with Crippen LogP contribution in [0.4, 0.5) is 4.39 Å². The van der Waals surface area contributed by atoms with Gasteiger partial charge in [-0.2, -0.15) is 5.10 Å². The summed E-state index contributed by atoms with van der Waals surface area (Å²) in [7, 11) is 0. The number of aromatic amines is 1. The summed E-state index contributed by atoms with van der Waals surface area (Å²) in [5, 5.41) is 13.7. The van der Waals surface area contributed by atoms with Crippen molar-refractivity contribution in [1.29, 1.82) is 0 Å². The highest BCUT2D eigenvalue weighted by atomic mass is 35.5. The topological polar surface area (TPSA) is 73.0 Å². The van der Waals surface area contributed by atoms with Gasteiger partial charge in [-0.1, -0.05) is 24.6 Å². The second-order valence-electron chi connectivity index (χ2n) is 7.07. The van der Waals surface area contributed by atoms with Gasteiger partial charge in [0.2, 0.25) is 0 Å². The van der Waals surface area contributed by atoms with Gasteiger partial charge < -0.3 is 10.6 Å². The first-order valence-corrected chi connectivity index (χ1v) is 9.73. The highest BCUT2D eigenvalue weighted by molar-refractivity contribution is 6.30. The first kappa shape index (κ1) is 18.4. The molecule has 0 spiro atoms. The molecule has 1 aromatic heterocycles. The van der Waals surface area contributed by atoms with E-state index in [1.165, 1.54) is 6.07 Å². The van der Waals surface area contributed by atoms with Gasteiger partial charge in [0.25, 0.3) is 5.91 Å². The highest BCUT2D eigenvalue weighted by Crippen LogP contribution is 2.34. The number of carbonyl (C=O) groups excluding carboxylic acids is 1. The number of hydrogen-bond donors (Lipinski definition) is 3. The molecule has 2 atom stereocenters. The van der Waals surface area contributed by atoms with Gasteiger partial charge >= 0.3 is 0 Å². The third kappa shape index (κ3) is 3.47. The Bertz CT molecular complexity index is 855. The fraction of sp³-hybridized carbons (Fsp3) is 0.474. The molecule has 0 saturated carbocycles. The summed E-state index contributed by atoms with van der Waals surface area (Å²) >= 11 is 5.84. The van der Waals surface area contributed by atoms with Gasteiger partial charge in [-0.05, 0) is 30.7 Å².